The third-order valence-electron chi connectivity index (χ3n) is 5.85. The standard InChI is InChI=1S/C30H29NO3S/c1-3-26-21-25(22-35(32,33)34)12-16-27(26)15-11-24-13-19-30(20-14-24)31(28-7-5-4-6-8-28)29-17-9-23(2)10-18-29/h4-21H,3,22H2,1-2H3,(H,32,33,34). The number of benzene rings is 4. The molecule has 178 valence electrons. The summed E-state index contributed by atoms with van der Waals surface area (Å²) in [5.41, 5.74) is 8.20. The van der Waals surface area contributed by atoms with Crippen molar-refractivity contribution in [2.45, 2.75) is 26.0 Å². The van der Waals surface area contributed by atoms with Crippen molar-refractivity contribution in [2.75, 3.05) is 4.90 Å². The molecule has 0 heterocycles. The van der Waals surface area contributed by atoms with E-state index in [9.17, 15) is 8.42 Å². The quantitative estimate of drug-likeness (QED) is 0.207. The zero-order valence-electron chi connectivity index (χ0n) is 19.9. The van der Waals surface area contributed by atoms with Crippen LogP contribution >= 0.6 is 0 Å². The molecule has 0 radical (unpaired) electrons. The average molecular weight is 484 g/mol. The summed E-state index contributed by atoms with van der Waals surface area (Å²) in [6.45, 7) is 4.12. The first-order chi connectivity index (χ1) is 16.8. The SMILES string of the molecule is CCc1cc(CS(=O)(=O)O)ccc1C=Cc1ccc(N(c2ccccc2)c2ccc(C)cc2)cc1. The van der Waals surface area contributed by atoms with Crippen molar-refractivity contribution in [2.24, 2.45) is 0 Å². The second-order valence-corrected chi connectivity index (χ2v) is 10.00. The number of para-hydroxylation sites is 1. The van der Waals surface area contributed by atoms with Gasteiger partial charge in [0.05, 0.1) is 0 Å². The largest absolute Gasteiger partial charge is 0.311 e. The monoisotopic (exact) mass is 483 g/mol. The van der Waals surface area contributed by atoms with Gasteiger partial charge in [-0.15, -0.1) is 0 Å². The van der Waals surface area contributed by atoms with Gasteiger partial charge in [0, 0.05) is 17.1 Å². The predicted molar refractivity (Wildman–Crippen MR) is 146 cm³/mol. The zero-order chi connectivity index (χ0) is 24.8. The molecular formula is C30H29NO3S. The van der Waals surface area contributed by atoms with Crippen molar-refractivity contribution in [1.82, 2.24) is 0 Å². The van der Waals surface area contributed by atoms with Crippen molar-refractivity contribution in [3.63, 3.8) is 0 Å². The maximum Gasteiger partial charge on any atom is 0.269 e. The van der Waals surface area contributed by atoms with Crippen molar-refractivity contribution in [1.29, 1.82) is 0 Å². The second-order valence-electron chi connectivity index (χ2n) is 8.54. The van der Waals surface area contributed by atoms with Crippen LogP contribution in [0.15, 0.2) is 97.1 Å². The van der Waals surface area contributed by atoms with E-state index in [4.69, 9.17) is 4.55 Å². The molecule has 0 aliphatic heterocycles. The molecule has 4 nitrogen and oxygen atoms in total. The molecule has 0 spiro atoms. The van der Waals surface area contributed by atoms with E-state index < -0.39 is 10.1 Å². The first-order valence-corrected chi connectivity index (χ1v) is 13.2. The van der Waals surface area contributed by atoms with Crippen molar-refractivity contribution in [3.05, 3.63) is 125 Å². The van der Waals surface area contributed by atoms with Gasteiger partial charge in [-0.2, -0.15) is 8.42 Å². The molecule has 0 amide bonds. The highest BCUT2D eigenvalue weighted by molar-refractivity contribution is 7.85. The molecular weight excluding hydrogens is 454 g/mol. The van der Waals surface area contributed by atoms with Gasteiger partial charge in [0.15, 0.2) is 0 Å². The summed E-state index contributed by atoms with van der Waals surface area (Å²) in [6.07, 6.45) is 4.86. The molecule has 35 heavy (non-hydrogen) atoms. The topological polar surface area (TPSA) is 57.6 Å². The van der Waals surface area contributed by atoms with Crippen LogP contribution in [-0.4, -0.2) is 13.0 Å². The minimum absolute atomic E-state index is 0.371. The first-order valence-electron chi connectivity index (χ1n) is 11.6. The van der Waals surface area contributed by atoms with Gasteiger partial charge in [-0.1, -0.05) is 85.3 Å². The lowest BCUT2D eigenvalue weighted by Gasteiger charge is -2.25. The van der Waals surface area contributed by atoms with Crippen LogP contribution in [0.2, 0.25) is 0 Å². The Morgan fingerprint density at radius 1 is 0.771 bits per heavy atom. The van der Waals surface area contributed by atoms with Crippen molar-refractivity contribution in [3.8, 4) is 0 Å². The van der Waals surface area contributed by atoms with Gasteiger partial charge in [-0.3, -0.25) is 4.55 Å². The van der Waals surface area contributed by atoms with Crippen LogP contribution in [0, 0.1) is 6.92 Å². The molecule has 0 atom stereocenters. The molecule has 0 aromatic heterocycles. The number of hydrogen-bond acceptors (Lipinski definition) is 3. The van der Waals surface area contributed by atoms with Gasteiger partial charge < -0.3 is 4.90 Å². The van der Waals surface area contributed by atoms with Crippen LogP contribution in [0.4, 0.5) is 17.1 Å². The molecule has 0 fully saturated rings. The van der Waals surface area contributed by atoms with E-state index >= 15 is 0 Å². The van der Waals surface area contributed by atoms with E-state index in [1.54, 1.807) is 6.07 Å². The third-order valence-corrected chi connectivity index (χ3v) is 6.55. The Bertz CT molecular complexity index is 1410. The second kappa shape index (κ2) is 10.7. The summed E-state index contributed by atoms with van der Waals surface area (Å²) in [5, 5.41) is 0. The maximum absolute atomic E-state index is 11.2. The number of nitrogens with zero attached hydrogens (tertiary/aromatic N) is 1. The fourth-order valence-corrected chi connectivity index (χ4v) is 4.67. The molecule has 5 heteroatoms. The molecule has 0 aliphatic carbocycles. The minimum Gasteiger partial charge on any atom is -0.311 e. The molecule has 1 N–H and O–H groups in total. The fourth-order valence-electron chi connectivity index (χ4n) is 4.07. The highest BCUT2D eigenvalue weighted by atomic mass is 32.2. The number of anilines is 3. The van der Waals surface area contributed by atoms with Crippen LogP contribution in [0.5, 0.6) is 0 Å². The van der Waals surface area contributed by atoms with Crippen molar-refractivity contribution < 1.29 is 13.0 Å². The molecule has 0 aliphatic rings. The number of rotatable bonds is 8. The van der Waals surface area contributed by atoms with Gasteiger partial charge >= 0.3 is 0 Å². The van der Waals surface area contributed by atoms with Gasteiger partial charge in [-0.25, -0.2) is 0 Å². The molecule has 0 saturated carbocycles. The van der Waals surface area contributed by atoms with Crippen LogP contribution in [0.3, 0.4) is 0 Å². The summed E-state index contributed by atoms with van der Waals surface area (Å²) in [6, 6.07) is 32.7. The lowest BCUT2D eigenvalue weighted by Crippen LogP contribution is -2.09. The maximum atomic E-state index is 11.2. The van der Waals surface area contributed by atoms with Crippen LogP contribution in [-0.2, 0) is 22.3 Å². The summed E-state index contributed by atoms with van der Waals surface area (Å²) in [7, 11) is -4.05. The van der Waals surface area contributed by atoms with E-state index in [1.807, 2.05) is 43.3 Å². The van der Waals surface area contributed by atoms with E-state index in [0.717, 1.165) is 40.2 Å². The van der Waals surface area contributed by atoms with E-state index in [0.29, 0.717) is 5.56 Å². The Kier molecular flexibility index (Phi) is 7.49. The Hall–Kier alpha value is -3.67. The molecule has 4 aromatic rings. The summed E-state index contributed by atoms with van der Waals surface area (Å²) in [5.74, 6) is -0.371. The van der Waals surface area contributed by atoms with Crippen LogP contribution in [0.25, 0.3) is 12.2 Å². The average Bonchev–Trinajstić information content (AvgIpc) is 2.85. The Morgan fingerprint density at radius 2 is 1.37 bits per heavy atom. The van der Waals surface area contributed by atoms with Gasteiger partial charge in [0.1, 0.15) is 5.75 Å². The molecule has 0 unspecified atom stereocenters. The van der Waals surface area contributed by atoms with E-state index in [-0.39, 0.29) is 5.75 Å². The Morgan fingerprint density at radius 3 is 1.97 bits per heavy atom. The number of hydrogen-bond donors (Lipinski definition) is 1. The predicted octanol–water partition coefficient (Wildman–Crippen LogP) is 7.59. The lowest BCUT2D eigenvalue weighted by molar-refractivity contribution is 0.482. The van der Waals surface area contributed by atoms with Gasteiger partial charge in [0.25, 0.3) is 10.1 Å². The highest BCUT2D eigenvalue weighted by Gasteiger charge is 2.12. The third kappa shape index (κ3) is 6.47. The molecule has 0 saturated heterocycles. The summed E-state index contributed by atoms with van der Waals surface area (Å²) in [4.78, 5) is 2.23. The Labute approximate surface area is 207 Å². The zero-order valence-corrected chi connectivity index (χ0v) is 20.7. The normalized spacial score (nSPS) is 11.6. The highest BCUT2D eigenvalue weighted by Crippen LogP contribution is 2.34. The van der Waals surface area contributed by atoms with E-state index in [1.165, 1.54) is 5.56 Å². The summed E-state index contributed by atoms with van der Waals surface area (Å²) < 4.78 is 31.5. The summed E-state index contributed by atoms with van der Waals surface area (Å²) >= 11 is 0. The fraction of sp³-hybridized carbons (Fsp3) is 0.133. The minimum atomic E-state index is -4.05. The van der Waals surface area contributed by atoms with Gasteiger partial charge in [0.2, 0.25) is 0 Å². The molecule has 4 aromatic carbocycles. The van der Waals surface area contributed by atoms with Crippen LogP contribution in [0.1, 0.15) is 34.7 Å². The lowest BCUT2D eigenvalue weighted by atomic mass is 10.0. The van der Waals surface area contributed by atoms with Gasteiger partial charge in [-0.05, 0) is 72.0 Å². The Balaban J connectivity index is 1.60. The number of aryl methyl sites for hydroxylation is 2. The molecule has 0 bridgehead atoms. The van der Waals surface area contributed by atoms with Crippen LogP contribution < -0.4 is 4.90 Å². The van der Waals surface area contributed by atoms with Crippen molar-refractivity contribution >= 4 is 39.3 Å². The smallest absolute Gasteiger partial charge is 0.269 e. The first kappa shape index (κ1) is 24.5. The van der Waals surface area contributed by atoms with E-state index in [2.05, 4.69) is 78.6 Å². The molecule has 4 rings (SSSR count).